The van der Waals surface area contributed by atoms with E-state index in [1.807, 2.05) is 0 Å². The number of carbonyl (C=O) groups excluding carboxylic acids is 3. The Balaban J connectivity index is 1.66. The molecule has 1 aliphatic carbocycles. The van der Waals surface area contributed by atoms with Crippen LogP contribution in [0.3, 0.4) is 0 Å². The van der Waals surface area contributed by atoms with Crippen LogP contribution in [0.4, 0.5) is 10.1 Å². The highest BCUT2D eigenvalue weighted by molar-refractivity contribution is 6.23. The molecule has 2 fully saturated rings. The van der Waals surface area contributed by atoms with Crippen LogP contribution in [0.2, 0.25) is 0 Å². The normalized spacial score (nSPS) is 19.5. The van der Waals surface area contributed by atoms with E-state index in [1.165, 1.54) is 24.3 Å². The minimum absolute atomic E-state index is 0.0748. The fraction of sp³-hybridized carbons (Fsp3) is 0.375. The maximum Gasteiger partial charge on any atom is 0.257 e. The van der Waals surface area contributed by atoms with Gasteiger partial charge in [-0.15, -0.1) is 0 Å². The van der Waals surface area contributed by atoms with Gasteiger partial charge in [0.05, 0.1) is 19.2 Å². The first-order valence-electron chi connectivity index (χ1n) is 10.6. The average Bonchev–Trinajstić information content (AvgIpc) is 3.09. The minimum atomic E-state index is -0.866. The summed E-state index contributed by atoms with van der Waals surface area (Å²) in [6.45, 7) is 0. The lowest BCUT2D eigenvalue weighted by molar-refractivity contribution is -0.123. The van der Waals surface area contributed by atoms with Crippen molar-refractivity contribution in [3.05, 3.63) is 59.9 Å². The molecule has 0 N–H and O–H groups in total. The highest BCUT2D eigenvalue weighted by Gasteiger charge is 2.46. The fourth-order valence-electron chi connectivity index (χ4n) is 4.50. The van der Waals surface area contributed by atoms with E-state index in [0.29, 0.717) is 17.0 Å². The number of halogens is 1. The Kier molecular flexibility index (Phi) is 6.02. The molecule has 2 aliphatic rings. The standard InChI is InChI=1S/C24H25FN2O4/c1-31-20-13-7-16(8-14-20)23(29)26(18-5-3-2-4-6-18)21-15-22(28)27(24(21)30)19-11-9-17(25)10-12-19/h7-14,18,21H,2-6,15H2,1H3. The zero-order valence-electron chi connectivity index (χ0n) is 17.4. The summed E-state index contributed by atoms with van der Waals surface area (Å²) in [5.74, 6) is -0.899. The van der Waals surface area contributed by atoms with Crippen molar-refractivity contribution in [1.29, 1.82) is 0 Å². The Hall–Kier alpha value is -3.22. The summed E-state index contributed by atoms with van der Waals surface area (Å²) in [6, 6.07) is 11.0. The largest absolute Gasteiger partial charge is 0.497 e. The molecule has 6 nitrogen and oxygen atoms in total. The van der Waals surface area contributed by atoms with Crippen molar-refractivity contribution in [2.24, 2.45) is 0 Å². The van der Waals surface area contributed by atoms with Crippen molar-refractivity contribution in [2.75, 3.05) is 12.0 Å². The number of benzene rings is 2. The first-order chi connectivity index (χ1) is 15.0. The summed E-state index contributed by atoms with van der Waals surface area (Å²) < 4.78 is 18.5. The molecule has 0 spiro atoms. The van der Waals surface area contributed by atoms with E-state index >= 15 is 0 Å². The van der Waals surface area contributed by atoms with Crippen LogP contribution in [0.1, 0.15) is 48.9 Å². The zero-order chi connectivity index (χ0) is 22.0. The minimum Gasteiger partial charge on any atom is -0.497 e. The van der Waals surface area contributed by atoms with E-state index in [-0.39, 0.29) is 24.3 Å². The number of anilines is 1. The number of hydrogen-bond acceptors (Lipinski definition) is 4. The fourth-order valence-corrected chi connectivity index (χ4v) is 4.50. The molecule has 1 saturated carbocycles. The van der Waals surface area contributed by atoms with Crippen LogP contribution in [0.5, 0.6) is 5.75 Å². The molecule has 1 saturated heterocycles. The van der Waals surface area contributed by atoms with Gasteiger partial charge in [-0.1, -0.05) is 19.3 Å². The third-order valence-corrected chi connectivity index (χ3v) is 6.08. The van der Waals surface area contributed by atoms with Crippen molar-refractivity contribution in [2.45, 2.75) is 50.6 Å². The van der Waals surface area contributed by atoms with Crippen LogP contribution < -0.4 is 9.64 Å². The Morgan fingerprint density at radius 3 is 2.26 bits per heavy atom. The molecule has 31 heavy (non-hydrogen) atoms. The van der Waals surface area contributed by atoms with Crippen LogP contribution >= 0.6 is 0 Å². The monoisotopic (exact) mass is 424 g/mol. The zero-order valence-corrected chi connectivity index (χ0v) is 17.4. The van der Waals surface area contributed by atoms with E-state index < -0.39 is 17.8 Å². The number of rotatable bonds is 5. The molecule has 1 atom stereocenters. The molecule has 2 aromatic rings. The molecule has 4 rings (SSSR count). The van der Waals surface area contributed by atoms with Gasteiger partial charge in [0.25, 0.3) is 11.8 Å². The van der Waals surface area contributed by atoms with Gasteiger partial charge in [0.2, 0.25) is 5.91 Å². The number of imide groups is 1. The highest BCUT2D eigenvalue weighted by Crippen LogP contribution is 2.32. The van der Waals surface area contributed by atoms with Gasteiger partial charge in [-0.3, -0.25) is 14.4 Å². The van der Waals surface area contributed by atoms with Crippen LogP contribution in [-0.2, 0) is 9.59 Å². The maximum atomic E-state index is 13.5. The lowest BCUT2D eigenvalue weighted by Gasteiger charge is -2.37. The van der Waals surface area contributed by atoms with Crippen LogP contribution in [0, 0.1) is 5.82 Å². The van der Waals surface area contributed by atoms with E-state index in [4.69, 9.17) is 4.74 Å². The van der Waals surface area contributed by atoms with Gasteiger partial charge >= 0.3 is 0 Å². The molecule has 2 aromatic carbocycles. The van der Waals surface area contributed by atoms with E-state index in [0.717, 1.165) is 37.0 Å². The summed E-state index contributed by atoms with van der Waals surface area (Å²) in [6.07, 6.45) is 4.59. The second-order valence-electron chi connectivity index (χ2n) is 8.00. The predicted octanol–water partition coefficient (Wildman–Crippen LogP) is 3.94. The van der Waals surface area contributed by atoms with Crippen molar-refractivity contribution in [3.8, 4) is 5.75 Å². The second-order valence-corrected chi connectivity index (χ2v) is 8.00. The summed E-state index contributed by atoms with van der Waals surface area (Å²) in [5, 5.41) is 0. The molecular formula is C24H25FN2O4. The van der Waals surface area contributed by atoms with Crippen molar-refractivity contribution >= 4 is 23.4 Å². The first-order valence-corrected chi connectivity index (χ1v) is 10.6. The van der Waals surface area contributed by atoms with E-state index in [9.17, 15) is 18.8 Å². The van der Waals surface area contributed by atoms with Crippen molar-refractivity contribution in [3.63, 3.8) is 0 Å². The third-order valence-electron chi connectivity index (χ3n) is 6.08. The summed E-state index contributed by atoms with van der Waals surface area (Å²) >= 11 is 0. The summed E-state index contributed by atoms with van der Waals surface area (Å²) in [7, 11) is 1.55. The van der Waals surface area contributed by atoms with Gasteiger partial charge in [0.15, 0.2) is 0 Å². The molecule has 7 heteroatoms. The lowest BCUT2D eigenvalue weighted by atomic mass is 9.92. The Morgan fingerprint density at radius 2 is 1.65 bits per heavy atom. The molecule has 0 bridgehead atoms. The quantitative estimate of drug-likeness (QED) is 0.682. The van der Waals surface area contributed by atoms with E-state index in [2.05, 4.69) is 0 Å². The smallest absolute Gasteiger partial charge is 0.257 e. The van der Waals surface area contributed by atoms with Crippen LogP contribution in [0.25, 0.3) is 0 Å². The number of nitrogens with zero attached hydrogens (tertiary/aromatic N) is 2. The molecule has 3 amide bonds. The van der Waals surface area contributed by atoms with Crippen molar-refractivity contribution in [1.82, 2.24) is 4.90 Å². The molecular weight excluding hydrogens is 399 g/mol. The van der Waals surface area contributed by atoms with Gasteiger partial charge in [-0.25, -0.2) is 9.29 Å². The molecule has 162 valence electrons. The topological polar surface area (TPSA) is 66.9 Å². The molecule has 0 radical (unpaired) electrons. The Bertz CT molecular complexity index is 968. The number of hydrogen-bond donors (Lipinski definition) is 0. The third kappa shape index (κ3) is 4.17. The van der Waals surface area contributed by atoms with Crippen LogP contribution in [-0.4, -0.2) is 41.8 Å². The van der Waals surface area contributed by atoms with Gasteiger partial charge in [0.1, 0.15) is 17.6 Å². The lowest BCUT2D eigenvalue weighted by Crippen LogP contribution is -2.51. The molecule has 0 aromatic heterocycles. The van der Waals surface area contributed by atoms with Crippen LogP contribution in [0.15, 0.2) is 48.5 Å². The first kappa shape index (κ1) is 21.0. The maximum absolute atomic E-state index is 13.5. The Morgan fingerprint density at radius 1 is 1.00 bits per heavy atom. The van der Waals surface area contributed by atoms with Gasteiger partial charge in [0, 0.05) is 11.6 Å². The van der Waals surface area contributed by atoms with Gasteiger partial charge in [-0.2, -0.15) is 0 Å². The molecule has 1 heterocycles. The van der Waals surface area contributed by atoms with Gasteiger partial charge < -0.3 is 9.64 Å². The molecule has 1 aliphatic heterocycles. The van der Waals surface area contributed by atoms with E-state index in [1.54, 1.807) is 36.3 Å². The number of carbonyl (C=O) groups is 3. The second kappa shape index (κ2) is 8.88. The SMILES string of the molecule is COc1ccc(C(=O)N(C2CCCCC2)C2CC(=O)N(c3ccc(F)cc3)C2=O)cc1. The number of ether oxygens (including phenoxy) is 1. The number of methoxy groups -OCH3 is 1. The Labute approximate surface area is 180 Å². The predicted molar refractivity (Wildman–Crippen MR) is 113 cm³/mol. The average molecular weight is 424 g/mol. The molecule has 1 unspecified atom stereocenters. The van der Waals surface area contributed by atoms with Crippen molar-refractivity contribution < 1.29 is 23.5 Å². The highest BCUT2D eigenvalue weighted by atomic mass is 19.1. The summed E-state index contributed by atoms with van der Waals surface area (Å²) in [4.78, 5) is 42.3. The summed E-state index contributed by atoms with van der Waals surface area (Å²) in [5.41, 5.74) is 0.770. The number of amides is 3. The van der Waals surface area contributed by atoms with Gasteiger partial charge in [-0.05, 0) is 61.4 Å².